The Labute approximate surface area is 122 Å². The van der Waals surface area contributed by atoms with Gasteiger partial charge in [-0.15, -0.1) is 0 Å². The summed E-state index contributed by atoms with van der Waals surface area (Å²) >= 11 is 0. The van der Waals surface area contributed by atoms with Gasteiger partial charge in [0.1, 0.15) is 18.3 Å². The third kappa shape index (κ3) is 6.78. The fourth-order valence-electron chi connectivity index (χ4n) is 1.98. The van der Waals surface area contributed by atoms with Crippen LogP contribution in [0.5, 0.6) is 0 Å². The fourth-order valence-corrected chi connectivity index (χ4v) is 1.98. The largest absolute Gasteiger partial charge is 0.377 e. The Balaban J connectivity index is 2.17. The number of aliphatic hydroxyl groups excluding tert-OH is 2. The van der Waals surface area contributed by atoms with E-state index < -0.39 is 12.2 Å². The summed E-state index contributed by atoms with van der Waals surface area (Å²) in [5.41, 5.74) is 0. The Morgan fingerprint density at radius 2 is 1.85 bits per heavy atom. The molecule has 0 aromatic heterocycles. The molecule has 4 atom stereocenters. The Morgan fingerprint density at radius 3 is 2.55 bits per heavy atom. The maximum Gasteiger partial charge on any atom is 0.144 e. The Kier molecular flexibility index (Phi) is 8.07. The van der Waals surface area contributed by atoms with Gasteiger partial charge in [-0.3, -0.25) is 0 Å². The van der Waals surface area contributed by atoms with Crippen LogP contribution >= 0.6 is 0 Å². The van der Waals surface area contributed by atoms with Crippen LogP contribution in [0.3, 0.4) is 0 Å². The van der Waals surface area contributed by atoms with Crippen molar-refractivity contribution in [1.82, 2.24) is 0 Å². The highest BCUT2D eigenvalue weighted by molar-refractivity contribution is 5.30. The SMILES string of the molecule is C=C[C@@H](O)C#CC#C[C@H](O)[C@@H]1O[C@@H]1CCCCCCC. The van der Waals surface area contributed by atoms with Crippen LogP contribution in [0.25, 0.3) is 0 Å². The van der Waals surface area contributed by atoms with Crippen LogP contribution in [-0.4, -0.2) is 34.6 Å². The van der Waals surface area contributed by atoms with E-state index in [0.29, 0.717) is 0 Å². The van der Waals surface area contributed by atoms with E-state index in [1.165, 1.54) is 31.8 Å². The minimum atomic E-state index is -0.866. The van der Waals surface area contributed by atoms with Gasteiger partial charge in [0.2, 0.25) is 0 Å². The Hall–Kier alpha value is -1.26. The summed E-state index contributed by atoms with van der Waals surface area (Å²) in [7, 11) is 0. The Bertz CT molecular complexity index is 407. The van der Waals surface area contributed by atoms with E-state index in [0.717, 1.165) is 12.8 Å². The molecule has 0 aromatic carbocycles. The number of aliphatic hydroxyl groups is 2. The molecule has 0 radical (unpaired) electrons. The van der Waals surface area contributed by atoms with Gasteiger partial charge in [-0.25, -0.2) is 0 Å². The number of ether oxygens (including phenoxy) is 1. The zero-order valence-corrected chi connectivity index (χ0v) is 12.1. The van der Waals surface area contributed by atoms with Crippen molar-refractivity contribution < 1.29 is 14.9 Å². The predicted octanol–water partition coefficient (Wildman–Crippen LogP) is 2.03. The third-order valence-electron chi connectivity index (χ3n) is 3.25. The highest BCUT2D eigenvalue weighted by Crippen LogP contribution is 2.30. The molecule has 3 nitrogen and oxygen atoms in total. The number of rotatable bonds is 8. The third-order valence-corrected chi connectivity index (χ3v) is 3.25. The van der Waals surface area contributed by atoms with Gasteiger partial charge in [0.05, 0.1) is 6.10 Å². The quantitative estimate of drug-likeness (QED) is 0.309. The van der Waals surface area contributed by atoms with E-state index in [1.807, 2.05) is 0 Å². The van der Waals surface area contributed by atoms with Gasteiger partial charge < -0.3 is 14.9 Å². The van der Waals surface area contributed by atoms with E-state index in [4.69, 9.17) is 9.84 Å². The summed E-state index contributed by atoms with van der Waals surface area (Å²) in [4.78, 5) is 0. The highest BCUT2D eigenvalue weighted by atomic mass is 16.6. The zero-order chi connectivity index (χ0) is 14.8. The summed E-state index contributed by atoms with van der Waals surface area (Å²) in [6.07, 6.45) is 6.83. The first-order chi connectivity index (χ1) is 9.69. The van der Waals surface area contributed by atoms with Crippen molar-refractivity contribution in [3.05, 3.63) is 12.7 Å². The summed E-state index contributed by atoms with van der Waals surface area (Å²) in [5, 5.41) is 18.9. The maximum atomic E-state index is 9.77. The van der Waals surface area contributed by atoms with Gasteiger partial charge in [0.15, 0.2) is 0 Å². The molecule has 1 fully saturated rings. The van der Waals surface area contributed by atoms with Crippen LogP contribution in [0.2, 0.25) is 0 Å². The lowest BCUT2D eigenvalue weighted by molar-refractivity contribution is 0.185. The van der Waals surface area contributed by atoms with E-state index in [2.05, 4.69) is 37.2 Å². The van der Waals surface area contributed by atoms with Crippen molar-refractivity contribution in [2.45, 2.75) is 69.9 Å². The molecule has 0 unspecified atom stereocenters. The highest BCUT2D eigenvalue weighted by Gasteiger charge is 2.42. The lowest BCUT2D eigenvalue weighted by atomic mass is 10.1. The monoisotopic (exact) mass is 276 g/mol. The van der Waals surface area contributed by atoms with Crippen molar-refractivity contribution in [3.63, 3.8) is 0 Å². The van der Waals surface area contributed by atoms with Crippen LogP contribution in [0.1, 0.15) is 45.4 Å². The molecule has 3 heteroatoms. The molecule has 1 aliphatic rings. The minimum absolute atomic E-state index is 0.146. The van der Waals surface area contributed by atoms with Gasteiger partial charge in [0.25, 0.3) is 0 Å². The van der Waals surface area contributed by atoms with Gasteiger partial charge in [-0.2, -0.15) is 0 Å². The second-order valence-corrected chi connectivity index (χ2v) is 5.01. The van der Waals surface area contributed by atoms with Crippen molar-refractivity contribution in [3.8, 4) is 23.7 Å². The van der Waals surface area contributed by atoms with Crippen molar-refractivity contribution in [1.29, 1.82) is 0 Å². The average molecular weight is 276 g/mol. The van der Waals surface area contributed by atoms with Crippen LogP contribution < -0.4 is 0 Å². The first-order valence-corrected chi connectivity index (χ1v) is 7.34. The van der Waals surface area contributed by atoms with Gasteiger partial charge >= 0.3 is 0 Å². The van der Waals surface area contributed by atoms with Gasteiger partial charge in [-0.05, 0) is 18.3 Å². The first kappa shape index (κ1) is 16.8. The van der Waals surface area contributed by atoms with E-state index >= 15 is 0 Å². The summed E-state index contributed by atoms with van der Waals surface area (Å²) < 4.78 is 5.42. The lowest BCUT2D eigenvalue weighted by Gasteiger charge is -1.98. The number of hydrogen-bond acceptors (Lipinski definition) is 3. The predicted molar refractivity (Wildman–Crippen MR) is 79.8 cm³/mol. The van der Waals surface area contributed by atoms with Gasteiger partial charge in [0, 0.05) is 0 Å². The van der Waals surface area contributed by atoms with Crippen molar-refractivity contribution >= 4 is 0 Å². The summed E-state index contributed by atoms with van der Waals surface area (Å²) in [6.45, 7) is 5.60. The van der Waals surface area contributed by atoms with Crippen LogP contribution in [0, 0.1) is 23.7 Å². The molecule has 0 aliphatic carbocycles. The molecular formula is C17H24O3. The van der Waals surface area contributed by atoms with Crippen LogP contribution in [0.15, 0.2) is 12.7 Å². The summed E-state index contributed by atoms with van der Waals surface area (Å²) in [6, 6.07) is 0. The molecule has 0 spiro atoms. The first-order valence-electron chi connectivity index (χ1n) is 7.34. The van der Waals surface area contributed by atoms with Gasteiger partial charge in [-0.1, -0.05) is 63.5 Å². The molecule has 0 saturated carbocycles. The summed E-state index contributed by atoms with van der Waals surface area (Å²) in [5.74, 6) is 10.1. The lowest BCUT2D eigenvalue weighted by Crippen LogP contribution is -2.14. The number of unbranched alkanes of at least 4 members (excludes halogenated alkanes) is 4. The van der Waals surface area contributed by atoms with Crippen molar-refractivity contribution in [2.75, 3.05) is 0 Å². The van der Waals surface area contributed by atoms with Crippen molar-refractivity contribution in [2.24, 2.45) is 0 Å². The molecule has 0 aromatic rings. The van der Waals surface area contributed by atoms with E-state index in [1.54, 1.807) is 0 Å². The van der Waals surface area contributed by atoms with E-state index in [9.17, 15) is 5.11 Å². The molecule has 1 saturated heterocycles. The molecule has 1 aliphatic heterocycles. The fraction of sp³-hybridized carbons (Fsp3) is 0.647. The molecule has 2 N–H and O–H groups in total. The standard InChI is InChI=1S/C17H24O3/c1-3-5-6-7-8-13-16-17(20-16)15(19)12-10-9-11-14(18)4-2/h4,14-19H,2-3,5-8,13H2,1H3/t14-,15+,16-,17+/m1/s1. The molecule has 0 amide bonds. The van der Waals surface area contributed by atoms with Crippen LogP contribution in [-0.2, 0) is 4.74 Å². The smallest absolute Gasteiger partial charge is 0.144 e. The molecule has 110 valence electrons. The van der Waals surface area contributed by atoms with E-state index in [-0.39, 0.29) is 12.2 Å². The zero-order valence-electron chi connectivity index (χ0n) is 12.1. The number of hydrogen-bond donors (Lipinski definition) is 2. The minimum Gasteiger partial charge on any atom is -0.377 e. The molecule has 1 heterocycles. The topological polar surface area (TPSA) is 53.0 Å². The maximum absolute atomic E-state index is 9.77. The molecule has 20 heavy (non-hydrogen) atoms. The molecule has 0 bridgehead atoms. The average Bonchev–Trinajstić information content (AvgIpc) is 3.22. The van der Waals surface area contributed by atoms with Crippen LogP contribution in [0.4, 0.5) is 0 Å². The normalized spacial score (nSPS) is 22.8. The Morgan fingerprint density at radius 1 is 1.15 bits per heavy atom. The second-order valence-electron chi connectivity index (χ2n) is 5.01. The second kappa shape index (κ2) is 9.61. The molecule has 1 rings (SSSR count). The molecular weight excluding hydrogens is 252 g/mol. The number of epoxide rings is 1.